The lowest BCUT2D eigenvalue weighted by atomic mass is 10.2. The molecule has 0 atom stereocenters. The fourth-order valence-corrected chi connectivity index (χ4v) is 2.74. The smallest absolute Gasteiger partial charge is 0.338 e. The van der Waals surface area contributed by atoms with Crippen LogP contribution in [0.25, 0.3) is 0 Å². The molecule has 3 aromatic carbocycles. The molecule has 0 saturated heterocycles. The van der Waals surface area contributed by atoms with Gasteiger partial charge >= 0.3 is 5.97 Å². The Morgan fingerprint density at radius 2 is 1.57 bits per heavy atom. The van der Waals surface area contributed by atoms with E-state index in [0.717, 1.165) is 11.1 Å². The second kappa shape index (κ2) is 10.7. The Morgan fingerprint density at radius 3 is 2.30 bits per heavy atom. The molecular formula is C24H23NO5. The third kappa shape index (κ3) is 6.10. The average Bonchev–Trinajstić information content (AvgIpc) is 2.81. The lowest BCUT2D eigenvalue weighted by Crippen LogP contribution is -2.28. The summed E-state index contributed by atoms with van der Waals surface area (Å²) in [6.07, 6.45) is 0. The van der Waals surface area contributed by atoms with Crippen molar-refractivity contribution in [3.63, 3.8) is 0 Å². The molecule has 0 spiro atoms. The first-order valence-electron chi connectivity index (χ1n) is 9.48. The van der Waals surface area contributed by atoms with Crippen LogP contribution in [0.2, 0.25) is 0 Å². The fraction of sp³-hybridized carbons (Fsp3) is 0.167. The van der Waals surface area contributed by atoms with E-state index < -0.39 is 11.9 Å². The molecule has 0 aliphatic rings. The van der Waals surface area contributed by atoms with Crippen molar-refractivity contribution in [2.24, 2.45) is 0 Å². The SMILES string of the molecule is COc1ccccc1CNC(=O)COC(=O)c1ccc(OCc2ccccc2)cc1. The number of ether oxygens (including phenoxy) is 3. The van der Waals surface area contributed by atoms with Crippen molar-refractivity contribution in [1.82, 2.24) is 5.32 Å². The highest BCUT2D eigenvalue weighted by molar-refractivity contribution is 5.91. The van der Waals surface area contributed by atoms with Gasteiger partial charge in [-0.15, -0.1) is 0 Å². The summed E-state index contributed by atoms with van der Waals surface area (Å²) in [4.78, 5) is 24.1. The van der Waals surface area contributed by atoms with Gasteiger partial charge in [-0.2, -0.15) is 0 Å². The summed E-state index contributed by atoms with van der Waals surface area (Å²) in [5.74, 6) is 0.364. The molecule has 0 fully saturated rings. The Morgan fingerprint density at radius 1 is 0.867 bits per heavy atom. The van der Waals surface area contributed by atoms with Crippen molar-refractivity contribution < 1.29 is 23.8 Å². The first-order valence-corrected chi connectivity index (χ1v) is 9.48. The number of esters is 1. The van der Waals surface area contributed by atoms with E-state index in [0.29, 0.717) is 23.7 Å². The first-order chi connectivity index (χ1) is 14.7. The van der Waals surface area contributed by atoms with Crippen LogP contribution in [0.5, 0.6) is 11.5 Å². The van der Waals surface area contributed by atoms with Crippen LogP contribution in [0.15, 0.2) is 78.9 Å². The van der Waals surface area contributed by atoms with E-state index in [1.54, 1.807) is 31.4 Å². The number of hydrogen-bond acceptors (Lipinski definition) is 5. The number of benzene rings is 3. The van der Waals surface area contributed by atoms with E-state index in [9.17, 15) is 9.59 Å². The van der Waals surface area contributed by atoms with Crippen LogP contribution >= 0.6 is 0 Å². The van der Waals surface area contributed by atoms with E-state index in [1.807, 2.05) is 54.6 Å². The molecule has 30 heavy (non-hydrogen) atoms. The molecule has 0 aliphatic heterocycles. The van der Waals surface area contributed by atoms with Crippen LogP contribution in [0.3, 0.4) is 0 Å². The van der Waals surface area contributed by atoms with Crippen molar-refractivity contribution >= 4 is 11.9 Å². The van der Waals surface area contributed by atoms with E-state index in [-0.39, 0.29) is 13.2 Å². The lowest BCUT2D eigenvalue weighted by molar-refractivity contribution is -0.124. The standard InChI is InChI=1S/C24H23NO5/c1-28-22-10-6-5-9-20(22)15-25-23(26)17-30-24(27)19-11-13-21(14-12-19)29-16-18-7-3-2-4-8-18/h2-14H,15-17H2,1H3,(H,25,26). The highest BCUT2D eigenvalue weighted by atomic mass is 16.5. The van der Waals surface area contributed by atoms with Crippen LogP contribution in [0.1, 0.15) is 21.5 Å². The zero-order valence-corrected chi connectivity index (χ0v) is 16.7. The van der Waals surface area contributed by atoms with E-state index in [2.05, 4.69) is 5.32 Å². The van der Waals surface area contributed by atoms with Gasteiger partial charge in [0, 0.05) is 12.1 Å². The molecule has 0 unspecified atom stereocenters. The van der Waals surface area contributed by atoms with E-state index >= 15 is 0 Å². The molecule has 3 rings (SSSR count). The van der Waals surface area contributed by atoms with Gasteiger partial charge in [-0.05, 0) is 35.9 Å². The number of methoxy groups -OCH3 is 1. The summed E-state index contributed by atoms with van der Waals surface area (Å²) < 4.78 is 16.0. The van der Waals surface area contributed by atoms with Crippen molar-refractivity contribution in [3.05, 3.63) is 95.6 Å². The van der Waals surface area contributed by atoms with Gasteiger partial charge in [-0.25, -0.2) is 4.79 Å². The van der Waals surface area contributed by atoms with Gasteiger partial charge in [0.2, 0.25) is 0 Å². The number of carbonyl (C=O) groups is 2. The monoisotopic (exact) mass is 405 g/mol. The molecule has 0 saturated carbocycles. The Labute approximate surface area is 175 Å². The van der Waals surface area contributed by atoms with Gasteiger partial charge in [0.1, 0.15) is 18.1 Å². The maximum atomic E-state index is 12.2. The molecule has 0 aromatic heterocycles. The van der Waals surface area contributed by atoms with Gasteiger partial charge in [0.15, 0.2) is 6.61 Å². The van der Waals surface area contributed by atoms with Crippen molar-refractivity contribution in [2.45, 2.75) is 13.2 Å². The fourth-order valence-electron chi connectivity index (χ4n) is 2.74. The molecular weight excluding hydrogens is 382 g/mol. The Balaban J connectivity index is 1.43. The van der Waals surface area contributed by atoms with Crippen molar-refractivity contribution in [3.8, 4) is 11.5 Å². The Bertz CT molecular complexity index is 970. The summed E-state index contributed by atoms with van der Waals surface area (Å²) in [6, 6.07) is 23.8. The topological polar surface area (TPSA) is 73.9 Å². The summed E-state index contributed by atoms with van der Waals surface area (Å²) in [5, 5.41) is 2.71. The Kier molecular flexibility index (Phi) is 7.44. The highest BCUT2D eigenvalue weighted by Crippen LogP contribution is 2.17. The maximum absolute atomic E-state index is 12.2. The van der Waals surface area contributed by atoms with Crippen molar-refractivity contribution in [2.75, 3.05) is 13.7 Å². The number of carbonyl (C=O) groups excluding carboxylic acids is 2. The molecule has 0 radical (unpaired) electrons. The second-order valence-electron chi connectivity index (χ2n) is 6.46. The minimum atomic E-state index is -0.572. The zero-order chi connectivity index (χ0) is 21.2. The minimum absolute atomic E-state index is 0.286. The van der Waals surface area contributed by atoms with E-state index in [4.69, 9.17) is 14.2 Å². The van der Waals surface area contributed by atoms with Crippen LogP contribution in [0.4, 0.5) is 0 Å². The number of nitrogens with one attached hydrogen (secondary N) is 1. The molecule has 154 valence electrons. The van der Waals surface area contributed by atoms with Gasteiger partial charge in [0.05, 0.1) is 12.7 Å². The number of para-hydroxylation sites is 1. The molecule has 3 aromatic rings. The number of amides is 1. The van der Waals surface area contributed by atoms with Gasteiger partial charge in [-0.3, -0.25) is 4.79 Å². The molecule has 6 heteroatoms. The van der Waals surface area contributed by atoms with Crippen LogP contribution < -0.4 is 14.8 Å². The quantitative estimate of drug-likeness (QED) is 0.549. The third-order valence-corrected chi connectivity index (χ3v) is 4.34. The first kappa shape index (κ1) is 20.9. The minimum Gasteiger partial charge on any atom is -0.496 e. The van der Waals surface area contributed by atoms with Crippen LogP contribution in [-0.4, -0.2) is 25.6 Å². The van der Waals surface area contributed by atoms with Gasteiger partial charge in [-0.1, -0.05) is 48.5 Å². The van der Waals surface area contributed by atoms with Crippen molar-refractivity contribution in [1.29, 1.82) is 0 Å². The Hall–Kier alpha value is -3.80. The van der Waals surface area contributed by atoms with E-state index in [1.165, 1.54) is 0 Å². The van der Waals surface area contributed by atoms with Crippen LogP contribution in [0, 0.1) is 0 Å². The lowest BCUT2D eigenvalue weighted by Gasteiger charge is -2.10. The number of rotatable bonds is 9. The summed E-state index contributed by atoms with van der Waals surface area (Å²) in [5.41, 5.74) is 2.24. The zero-order valence-electron chi connectivity index (χ0n) is 16.7. The summed E-state index contributed by atoms with van der Waals surface area (Å²) in [7, 11) is 1.57. The normalized spacial score (nSPS) is 10.2. The maximum Gasteiger partial charge on any atom is 0.338 e. The van der Waals surface area contributed by atoms with Crippen LogP contribution in [-0.2, 0) is 22.7 Å². The largest absolute Gasteiger partial charge is 0.496 e. The molecule has 1 amide bonds. The second-order valence-corrected chi connectivity index (χ2v) is 6.46. The molecule has 6 nitrogen and oxygen atoms in total. The third-order valence-electron chi connectivity index (χ3n) is 4.34. The summed E-state index contributed by atoms with van der Waals surface area (Å²) in [6.45, 7) is 0.366. The van der Waals surface area contributed by atoms with Gasteiger partial charge in [0.25, 0.3) is 5.91 Å². The van der Waals surface area contributed by atoms with Gasteiger partial charge < -0.3 is 19.5 Å². The molecule has 0 aliphatic carbocycles. The molecule has 0 heterocycles. The molecule has 1 N–H and O–H groups in total. The predicted octanol–water partition coefficient (Wildman–Crippen LogP) is 3.75. The number of hydrogen-bond donors (Lipinski definition) is 1. The molecule has 0 bridgehead atoms. The highest BCUT2D eigenvalue weighted by Gasteiger charge is 2.11. The predicted molar refractivity (Wildman–Crippen MR) is 112 cm³/mol. The average molecular weight is 405 g/mol. The summed E-state index contributed by atoms with van der Waals surface area (Å²) >= 11 is 0.